The summed E-state index contributed by atoms with van der Waals surface area (Å²) in [6, 6.07) is 0. The van der Waals surface area contributed by atoms with E-state index < -0.39 is 97.5 Å². The largest absolute Gasteiger partial charge is 0.472 e. The van der Waals surface area contributed by atoms with Crippen LogP contribution in [0.25, 0.3) is 0 Å². The number of ether oxygens (including phenoxy) is 4. The van der Waals surface area contributed by atoms with Gasteiger partial charge in [0, 0.05) is 25.7 Å². The van der Waals surface area contributed by atoms with E-state index in [0.29, 0.717) is 25.7 Å². The lowest BCUT2D eigenvalue weighted by Gasteiger charge is -2.21. The third kappa shape index (κ3) is 69.2. The molecule has 0 fully saturated rings. The first-order valence-corrected chi connectivity index (χ1v) is 43.2. The van der Waals surface area contributed by atoms with Crippen molar-refractivity contribution in [1.29, 1.82) is 0 Å². The first kappa shape index (κ1) is 94.1. The topological polar surface area (TPSA) is 237 Å². The quantitative estimate of drug-likeness (QED) is 0.0222. The van der Waals surface area contributed by atoms with Crippen LogP contribution in [0, 0.1) is 5.92 Å². The fourth-order valence-corrected chi connectivity index (χ4v) is 13.4. The maximum Gasteiger partial charge on any atom is 0.472 e. The van der Waals surface area contributed by atoms with E-state index in [2.05, 4.69) is 34.6 Å². The number of phosphoric ester groups is 2. The minimum atomic E-state index is -4.96. The number of aliphatic hydroxyl groups is 1. The summed E-state index contributed by atoms with van der Waals surface area (Å²) in [6.07, 6.45) is 59.5. The van der Waals surface area contributed by atoms with E-state index in [-0.39, 0.29) is 25.7 Å². The van der Waals surface area contributed by atoms with Crippen LogP contribution in [-0.4, -0.2) is 96.7 Å². The monoisotopic (exact) mass is 1410 g/mol. The number of esters is 4. The van der Waals surface area contributed by atoms with E-state index in [1.165, 1.54) is 231 Å². The second-order valence-electron chi connectivity index (χ2n) is 28.0. The van der Waals surface area contributed by atoms with Crippen LogP contribution in [0.15, 0.2) is 0 Å². The molecule has 19 heteroatoms. The van der Waals surface area contributed by atoms with Crippen LogP contribution >= 0.6 is 15.6 Å². The molecule has 0 aliphatic rings. The molecule has 0 aliphatic heterocycles. The number of unbranched alkanes of at least 4 members (excludes halogenated alkanes) is 48. The molecule has 570 valence electrons. The lowest BCUT2D eigenvalue weighted by atomic mass is 9.99. The summed E-state index contributed by atoms with van der Waals surface area (Å²) in [4.78, 5) is 72.8. The number of aliphatic hydroxyl groups excluding tert-OH is 1. The van der Waals surface area contributed by atoms with E-state index in [0.717, 1.165) is 95.8 Å². The molecule has 0 saturated heterocycles. The molecule has 3 unspecified atom stereocenters. The highest BCUT2D eigenvalue weighted by Gasteiger charge is 2.30. The highest BCUT2D eigenvalue weighted by atomic mass is 31.2. The fraction of sp³-hybridized carbons (Fsp3) is 0.948. The predicted octanol–water partition coefficient (Wildman–Crippen LogP) is 22.9. The smallest absolute Gasteiger partial charge is 0.462 e. The van der Waals surface area contributed by atoms with Crippen molar-refractivity contribution in [3.8, 4) is 0 Å². The van der Waals surface area contributed by atoms with Gasteiger partial charge in [-0.1, -0.05) is 356 Å². The Bertz CT molecular complexity index is 1840. The molecule has 0 spiro atoms. The van der Waals surface area contributed by atoms with Crippen molar-refractivity contribution >= 4 is 39.5 Å². The van der Waals surface area contributed by atoms with Crippen LogP contribution in [0.5, 0.6) is 0 Å². The Kier molecular flexibility index (Phi) is 68.7. The zero-order valence-corrected chi connectivity index (χ0v) is 64.3. The van der Waals surface area contributed by atoms with Crippen molar-refractivity contribution in [2.75, 3.05) is 39.6 Å². The molecule has 0 bridgehead atoms. The molecule has 3 N–H and O–H groups in total. The van der Waals surface area contributed by atoms with Crippen LogP contribution in [-0.2, 0) is 65.4 Å². The summed E-state index contributed by atoms with van der Waals surface area (Å²) in [6.45, 7) is 7.34. The van der Waals surface area contributed by atoms with Gasteiger partial charge in [0.1, 0.15) is 19.3 Å². The van der Waals surface area contributed by atoms with Gasteiger partial charge in [0.05, 0.1) is 26.4 Å². The van der Waals surface area contributed by atoms with Crippen molar-refractivity contribution in [3.05, 3.63) is 0 Å². The van der Waals surface area contributed by atoms with E-state index in [9.17, 15) is 43.2 Å². The summed E-state index contributed by atoms with van der Waals surface area (Å²) in [7, 11) is -9.91. The Morgan fingerprint density at radius 3 is 0.740 bits per heavy atom. The van der Waals surface area contributed by atoms with Gasteiger partial charge in [-0.05, 0) is 31.6 Å². The van der Waals surface area contributed by atoms with E-state index in [1.54, 1.807) is 0 Å². The summed E-state index contributed by atoms with van der Waals surface area (Å²) >= 11 is 0. The third-order valence-electron chi connectivity index (χ3n) is 18.4. The van der Waals surface area contributed by atoms with Crippen molar-refractivity contribution in [2.45, 2.75) is 425 Å². The van der Waals surface area contributed by atoms with Gasteiger partial charge in [-0.15, -0.1) is 0 Å². The van der Waals surface area contributed by atoms with Gasteiger partial charge in [-0.3, -0.25) is 37.3 Å². The molecule has 0 heterocycles. The van der Waals surface area contributed by atoms with E-state index >= 15 is 0 Å². The van der Waals surface area contributed by atoms with Crippen molar-refractivity contribution < 1.29 is 80.2 Å². The van der Waals surface area contributed by atoms with Crippen LogP contribution in [0.1, 0.15) is 407 Å². The number of rotatable bonds is 77. The minimum absolute atomic E-state index is 0.108. The maximum atomic E-state index is 13.1. The molecular formula is C77H150O17P2. The van der Waals surface area contributed by atoms with Gasteiger partial charge in [0.15, 0.2) is 12.2 Å². The standard InChI is InChI=1S/C77H150O17P2/c1-6-10-13-16-19-22-24-26-27-28-29-33-37-41-46-51-56-61-75(80)88-67-73(94-77(82)63-58-53-48-43-38-34-31-30-32-35-40-44-49-54-59-70(5)9-4)69-92-96(85,86)90-65-71(78)64-89-95(83,84)91-68-72(66-87-74(79)60-55-50-45-39-21-18-15-12-8-3)93-76(81)62-57-52-47-42-36-25-23-20-17-14-11-7-2/h70-73,78H,6-69H2,1-5H3,(H,83,84)(H,85,86)/t70?,71-,72+,73+/m0/s1. The molecule has 0 radical (unpaired) electrons. The number of carbonyl (C=O) groups excluding carboxylic acids is 4. The molecule has 0 aromatic rings. The maximum absolute atomic E-state index is 13.1. The average Bonchev–Trinajstić information content (AvgIpc) is 1.13. The Labute approximate surface area is 588 Å². The highest BCUT2D eigenvalue weighted by Crippen LogP contribution is 2.45. The first-order chi connectivity index (χ1) is 46.6. The van der Waals surface area contributed by atoms with Crippen molar-refractivity contribution in [1.82, 2.24) is 0 Å². The van der Waals surface area contributed by atoms with Gasteiger partial charge in [-0.2, -0.15) is 0 Å². The normalized spacial score (nSPS) is 14.2. The van der Waals surface area contributed by atoms with Crippen LogP contribution in [0.2, 0.25) is 0 Å². The Morgan fingerprint density at radius 1 is 0.292 bits per heavy atom. The summed E-state index contributed by atoms with van der Waals surface area (Å²) in [5.74, 6) is -1.27. The van der Waals surface area contributed by atoms with Crippen LogP contribution < -0.4 is 0 Å². The lowest BCUT2D eigenvalue weighted by molar-refractivity contribution is -0.161. The first-order valence-electron chi connectivity index (χ1n) is 40.2. The number of hydrogen-bond acceptors (Lipinski definition) is 15. The predicted molar refractivity (Wildman–Crippen MR) is 391 cm³/mol. The second-order valence-corrected chi connectivity index (χ2v) is 30.9. The molecule has 6 atom stereocenters. The van der Waals surface area contributed by atoms with Crippen LogP contribution in [0.3, 0.4) is 0 Å². The van der Waals surface area contributed by atoms with Gasteiger partial charge in [0.2, 0.25) is 0 Å². The molecule has 0 aliphatic carbocycles. The minimum Gasteiger partial charge on any atom is -0.462 e. The highest BCUT2D eigenvalue weighted by molar-refractivity contribution is 7.47. The molecule has 0 saturated carbocycles. The molecular weight excluding hydrogens is 1260 g/mol. The summed E-state index contributed by atoms with van der Waals surface area (Å²) in [5.41, 5.74) is 0. The summed E-state index contributed by atoms with van der Waals surface area (Å²) < 4.78 is 68.5. The zero-order valence-electron chi connectivity index (χ0n) is 62.5. The summed E-state index contributed by atoms with van der Waals surface area (Å²) in [5, 5.41) is 10.6. The van der Waals surface area contributed by atoms with Gasteiger partial charge >= 0.3 is 39.5 Å². The molecule has 17 nitrogen and oxygen atoms in total. The van der Waals surface area contributed by atoms with Gasteiger partial charge in [-0.25, -0.2) is 9.13 Å². The molecule has 0 rings (SSSR count). The Hall–Kier alpha value is -1.94. The molecule has 0 amide bonds. The van der Waals surface area contributed by atoms with E-state index in [1.807, 2.05) is 0 Å². The van der Waals surface area contributed by atoms with Gasteiger partial charge in [0.25, 0.3) is 0 Å². The van der Waals surface area contributed by atoms with Gasteiger partial charge < -0.3 is 33.8 Å². The second kappa shape index (κ2) is 70.1. The van der Waals surface area contributed by atoms with Crippen LogP contribution in [0.4, 0.5) is 0 Å². The Balaban J connectivity index is 5.22. The fourth-order valence-electron chi connectivity index (χ4n) is 11.8. The number of carbonyl (C=O) groups is 4. The number of phosphoric acid groups is 2. The molecule has 0 aromatic heterocycles. The average molecular weight is 1410 g/mol. The van der Waals surface area contributed by atoms with E-state index in [4.69, 9.17) is 37.0 Å². The zero-order chi connectivity index (χ0) is 70.5. The lowest BCUT2D eigenvalue weighted by Crippen LogP contribution is -2.30. The Morgan fingerprint density at radius 2 is 0.500 bits per heavy atom. The van der Waals surface area contributed by atoms with Crippen molar-refractivity contribution in [3.63, 3.8) is 0 Å². The third-order valence-corrected chi connectivity index (χ3v) is 20.3. The van der Waals surface area contributed by atoms with Crippen molar-refractivity contribution in [2.24, 2.45) is 5.92 Å². The molecule has 96 heavy (non-hydrogen) atoms. The molecule has 0 aromatic carbocycles. The SMILES string of the molecule is CCCCCCCCCCCCCCCCCCCC(=O)OC[C@H](COP(=O)(O)OC[C@@H](O)COP(=O)(O)OC[C@@H](COC(=O)CCCCCCCCCCC)OC(=O)CCCCCCCCCCCCCC)OC(=O)CCCCCCCCCCCCCCCCC(C)CC. The number of hydrogen-bond donors (Lipinski definition) is 3.